The maximum Gasteiger partial charge on any atom is 0.419 e. The van der Waals surface area contributed by atoms with Gasteiger partial charge in [-0.25, -0.2) is 9.69 Å². The van der Waals surface area contributed by atoms with Crippen molar-refractivity contribution >= 4 is 11.8 Å². The van der Waals surface area contributed by atoms with E-state index in [1.807, 2.05) is 54.6 Å². The summed E-state index contributed by atoms with van der Waals surface area (Å²) >= 11 is 0. The third-order valence-corrected chi connectivity index (χ3v) is 3.08. The molecule has 4 nitrogen and oxygen atoms in total. The highest BCUT2D eigenvalue weighted by Gasteiger charge is 2.40. The molecule has 2 aromatic rings. The molecule has 1 heterocycles. The molecule has 0 saturated carbocycles. The van der Waals surface area contributed by atoms with Crippen LogP contribution >= 0.6 is 0 Å². The highest BCUT2D eigenvalue weighted by Crippen LogP contribution is 2.37. The number of anilines is 1. The van der Waals surface area contributed by atoms with Crippen molar-refractivity contribution in [2.45, 2.75) is 6.23 Å². The fourth-order valence-electron chi connectivity index (χ4n) is 2.07. The van der Waals surface area contributed by atoms with Gasteiger partial charge in [0.05, 0.1) is 12.8 Å². The van der Waals surface area contributed by atoms with Crippen LogP contribution in [0.1, 0.15) is 11.8 Å². The third kappa shape index (κ3) is 2.01. The largest absolute Gasteiger partial charge is 0.497 e. The Bertz CT molecular complexity index is 580. The molecule has 4 heteroatoms. The smallest absolute Gasteiger partial charge is 0.419 e. The summed E-state index contributed by atoms with van der Waals surface area (Å²) in [6, 6.07) is 17.0. The van der Waals surface area contributed by atoms with E-state index < -0.39 is 0 Å². The van der Waals surface area contributed by atoms with Gasteiger partial charge in [-0.3, -0.25) is 0 Å². The van der Waals surface area contributed by atoms with Crippen LogP contribution in [0.15, 0.2) is 54.6 Å². The first-order valence-electron chi connectivity index (χ1n) is 5.98. The monoisotopic (exact) mass is 255 g/mol. The van der Waals surface area contributed by atoms with Gasteiger partial charge in [0.2, 0.25) is 6.23 Å². The summed E-state index contributed by atoms with van der Waals surface area (Å²) in [5.74, 6) is 0.758. The minimum atomic E-state index is -0.345. The second-order valence-corrected chi connectivity index (χ2v) is 4.21. The minimum Gasteiger partial charge on any atom is -0.497 e. The number of methoxy groups -OCH3 is 1. The maximum atomic E-state index is 11.6. The lowest BCUT2D eigenvalue weighted by atomic mass is 10.1. The van der Waals surface area contributed by atoms with Crippen LogP contribution in [0.2, 0.25) is 0 Å². The van der Waals surface area contributed by atoms with Crippen LogP contribution in [0.3, 0.4) is 0 Å². The number of hydrogen-bond acceptors (Lipinski definition) is 3. The zero-order valence-corrected chi connectivity index (χ0v) is 10.4. The molecule has 0 aromatic heterocycles. The summed E-state index contributed by atoms with van der Waals surface area (Å²) in [4.78, 5) is 13.3. The van der Waals surface area contributed by atoms with Gasteiger partial charge in [-0.05, 0) is 24.3 Å². The zero-order valence-electron chi connectivity index (χ0n) is 10.4. The van der Waals surface area contributed by atoms with Gasteiger partial charge in [-0.2, -0.15) is 0 Å². The van der Waals surface area contributed by atoms with Crippen LogP contribution in [0.4, 0.5) is 10.5 Å². The van der Waals surface area contributed by atoms with Crippen molar-refractivity contribution in [2.24, 2.45) is 0 Å². The standard InChI is InChI=1S/C15H13NO3/c1-18-13-9-7-12(8-10-13)16-14(19-15(16)17)11-5-3-2-4-6-11/h2-10,14H,1H3. The molecule has 0 bridgehead atoms. The summed E-state index contributed by atoms with van der Waals surface area (Å²) in [6.45, 7) is 0. The predicted octanol–water partition coefficient (Wildman–Crippen LogP) is 3.35. The van der Waals surface area contributed by atoms with Crippen LogP contribution < -0.4 is 9.64 Å². The van der Waals surface area contributed by atoms with Crippen LogP contribution in [-0.2, 0) is 4.74 Å². The number of rotatable bonds is 3. The summed E-state index contributed by atoms with van der Waals surface area (Å²) in [6.07, 6.45) is -0.680. The summed E-state index contributed by atoms with van der Waals surface area (Å²) in [5, 5.41) is 0. The first-order valence-corrected chi connectivity index (χ1v) is 5.98. The van der Waals surface area contributed by atoms with Crippen molar-refractivity contribution in [1.29, 1.82) is 0 Å². The van der Waals surface area contributed by atoms with Crippen LogP contribution in [0, 0.1) is 0 Å². The van der Waals surface area contributed by atoms with Crippen LogP contribution in [0.5, 0.6) is 5.75 Å². The van der Waals surface area contributed by atoms with Crippen molar-refractivity contribution < 1.29 is 14.3 Å². The second-order valence-electron chi connectivity index (χ2n) is 4.21. The second kappa shape index (κ2) is 4.65. The molecule has 0 N–H and O–H groups in total. The van der Waals surface area contributed by atoms with Crippen molar-refractivity contribution in [1.82, 2.24) is 0 Å². The lowest BCUT2D eigenvalue weighted by Gasteiger charge is -2.39. The van der Waals surface area contributed by atoms with Crippen LogP contribution in [-0.4, -0.2) is 13.2 Å². The van der Waals surface area contributed by atoms with Gasteiger partial charge in [0.25, 0.3) is 0 Å². The molecule has 1 saturated heterocycles. The van der Waals surface area contributed by atoms with Gasteiger partial charge in [0.1, 0.15) is 5.75 Å². The minimum absolute atomic E-state index is 0.334. The molecule has 3 rings (SSSR count). The summed E-state index contributed by atoms with van der Waals surface area (Å²) in [7, 11) is 1.61. The molecule has 0 aliphatic carbocycles. The molecule has 0 radical (unpaired) electrons. The lowest BCUT2D eigenvalue weighted by molar-refractivity contribution is 0.0430. The maximum absolute atomic E-state index is 11.6. The molecular weight excluding hydrogens is 242 g/mol. The van der Waals surface area contributed by atoms with E-state index in [0.717, 1.165) is 17.0 Å². The molecule has 96 valence electrons. The molecule has 1 amide bonds. The fraction of sp³-hybridized carbons (Fsp3) is 0.133. The third-order valence-electron chi connectivity index (χ3n) is 3.08. The summed E-state index contributed by atoms with van der Waals surface area (Å²) in [5.41, 5.74) is 1.75. The molecule has 0 spiro atoms. The van der Waals surface area contributed by atoms with Gasteiger partial charge in [-0.1, -0.05) is 30.3 Å². The Kier molecular flexibility index (Phi) is 2.83. The molecular formula is C15H13NO3. The van der Waals surface area contributed by atoms with E-state index in [2.05, 4.69) is 0 Å². The van der Waals surface area contributed by atoms with E-state index in [1.54, 1.807) is 12.0 Å². The van der Waals surface area contributed by atoms with E-state index in [4.69, 9.17) is 9.47 Å². The highest BCUT2D eigenvalue weighted by atomic mass is 16.6. The number of amides is 1. The number of hydrogen-bond donors (Lipinski definition) is 0. The van der Waals surface area contributed by atoms with Crippen molar-refractivity contribution in [3.8, 4) is 5.75 Å². The van der Waals surface area contributed by atoms with Gasteiger partial charge < -0.3 is 9.47 Å². The van der Waals surface area contributed by atoms with E-state index in [-0.39, 0.29) is 12.3 Å². The predicted molar refractivity (Wildman–Crippen MR) is 71.1 cm³/mol. The Labute approximate surface area is 111 Å². The Balaban J connectivity index is 1.87. The van der Waals surface area contributed by atoms with Gasteiger partial charge in [0, 0.05) is 5.56 Å². The molecule has 1 aliphatic heterocycles. The lowest BCUT2D eigenvalue weighted by Crippen LogP contribution is -2.48. The average molecular weight is 255 g/mol. The van der Waals surface area contributed by atoms with Gasteiger partial charge in [0.15, 0.2) is 0 Å². The SMILES string of the molecule is COc1ccc(N2C(=O)OC2c2ccccc2)cc1. The van der Waals surface area contributed by atoms with E-state index >= 15 is 0 Å². The molecule has 1 atom stereocenters. The first-order chi connectivity index (χ1) is 9.29. The summed E-state index contributed by atoms with van der Waals surface area (Å²) < 4.78 is 10.3. The highest BCUT2D eigenvalue weighted by molar-refractivity contribution is 5.93. The quantitative estimate of drug-likeness (QED) is 0.844. The molecule has 2 aromatic carbocycles. The Hall–Kier alpha value is -2.49. The molecule has 1 fully saturated rings. The number of ether oxygens (including phenoxy) is 2. The number of carbonyl (C=O) groups excluding carboxylic acids is 1. The average Bonchev–Trinajstić information content (AvgIpc) is 2.46. The number of carbonyl (C=O) groups is 1. The van der Waals surface area contributed by atoms with E-state index in [0.29, 0.717) is 0 Å². The van der Waals surface area contributed by atoms with Crippen molar-refractivity contribution in [3.63, 3.8) is 0 Å². The number of nitrogens with zero attached hydrogens (tertiary/aromatic N) is 1. The molecule has 19 heavy (non-hydrogen) atoms. The molecule has 1 unspecified atom stereocenters. The normalized spacial score (nSPS) is 17.6. The first kappa shape index (κ1) is 11.6. The van der Waals surface area contributed by atoms with Crippen molar-refractivity contribution in [2.75, 3.05) is 12.0 Å². The zero-order chi connectivity index (χ0) is 13.2. The number of cyclic esters (lactones) is 1. The van der Waals surface area contributed by atoms with Crippen molar-refractivity contribution in [3.05, 3.63) is 60.2 Å². The Morgan fingerprint density at radius 1 is 1.05 bits per heavy atom. The Morgan fingerprint density at radius 2 is 1.74 bits per heavy atom. The topological polar surface area (TPSA) is 38.8 Å². The number of benzene rings is 2. The fourth-order valence-corrected chi connectivity index (χ4v) is 2.07. The Morgan fingerprint density at radius 3 is 2.32 bits per heavy atom. The van der Waals surface area contributed by atoms with Gasteiger partial charge >= 0.3 is 6.09 Å². The van der Waals surface area contributed by atoms with Crippen LogP contribution in [0.25, 0.3) is 0 Å². The van der Waals surface area contributed by atoms with E-state index in [1.165, 1.54) is 0 Å². The molecule has 1 aliphatic rings. The van der Waals surface area contributed by atoms with Gasteiger partial charge in [-0.15, -0.1) is 0 Å². The van der Waals surface area contributed by atoms with E-state index in [9.17, 15) is 4.79 Å².